The summed E-state index contributed by atoms with van der Waals surface area (Å²) in [5.41, 5.74) is 5.02. The molecule has 0 nitrogen and oxygen atoms in total. The maximum absolute atomic E-state index is 12.5. The molecule has 100 valence electrons. The molecule has 0 saturated heterocycles. The minimum Gasteiger partial charge on any atom is -0.164 e. The lowest BCUT2D eigenvalue weighted by atomic mass is 9.75. The van der Waals surface area contributed by atoms with Gasteiger partial charge in [0.25, 0.3) is 0 Å². The molecule has 0 aromatic heterocycles. The molecule has 0 radical (unpaired) electrons. The van der Waals surface area contributed by atoms with Crippen LogP contribution in [0.3, 0.4) is 0 Å². The predicted molar refractivity (Wildman–Crippen MR) is 75.8 cm³/mol. The fourth-order valence-electron chi connectivity index (χ4n) is 3.09. The van der Waals surface area contributed by atoms with Gasteiger partial charge in [0, 0.05) is 5.41 Å². The molecule has 20 heavy (non-hydrogen) atoms. The molecular formula is C18H14F2. The first-order valence-corrected chi connectivity index (χ1v) is 6.65. The van der Waals surface area contributed by atoms with Crippen molar-refractivity contribution in [2.24, 2.45) is 0 Å². The molecule has 1 aliphatic carbocycles. The standard InChI is InChI=1S/C18H14F2/c19-17(20)11-13-18(15-7-2-1-3-8-15)12-10-14-6-4-5-9-16(14)18/h1-9,13H,10,12H2. The van der Waals surface area contributed by atoms with Crippen molar-refractivity contribution in [1.82, 2.24) is 0 Å². The number of hydrogen-bond donors (Lipinski definition) is 0. The first-order valence-electron chi connectivity index (χ1n) is 6.65. The monoisotopic (exact) mass is 268 g/mol. The van der Waals surface area contributed by atoms with Crippen LogP contribution in [0.25, 0.3) is 0 Å². The zero-order valence-electron chi connectivity index (χ0n) is 10.9. The Labute approximate surface area is 117 Å². The van der Waals surface area contributed by atoms with Crippen molar-refractivity contribution < 1.29 is 8.78 Å². The average molecular weight is 268 g/mol. The molecule has 0 fully saturated rings. The van der Waals surface area contributed by atoms with Gasteiger partial charge in [0.05, 0.1) is 0 Å². The molecule has 1 unspecified atom stereocenters. The minimum absolute atomic E-state index is 0.485. The lowest BCUT2D eigenvalue weighted by Gasteiger charge is -2.26. The number of aryl methyl sites for hydroxylation is 1. The molecule has 0 N–H and O–H groups in total. The topological polar surface area (TPSA) is 0 Å². The number of benzene rings is 2. The second-order valence-corrected chi connectivity index (χ2v) is 5.04. The van der Waals surface area contributed by atoms with Gasteiger partial charge in [0.15, 0.2) is 0 Å². The molecule has 2 aromatic carbocycles. The molecule has 0 saturated carbocycles. The van der Waals surface area contributed by atoms with Crippen molar-refractivity contribution in [2.75, 3.05) is 0 Å². The van der Waals surface area contributed by atoms with Crippen molar-refractivity contribution in [3.05, 3.63) is 89.2 Å². The van der Waals surface area contributed by atoms with Crippen LogP contribution < -0.4 is 0 Å². The number of hydrogen-bond acceptors (Lipinski definition) is 0. The van der Waals surface area contributed by atoms with E-state index in [-0.39, 0.29) is 0 Å². The zero-order valence-corrected chi connectivity index (χ0v) is 10.9. The summed E-state index contributed by atoms with van der Waals surface area (Å²) in [5, 5.41) is 0. The number of fused-ring (bicyclic) bond motifs is 1. The smallest absolute Gasteiger partial charge is 0.164 e. The Morgan fingerprint density at radius 3 is 2.45 bits per heavy atom. The molecule has 1 atom stereocenters. The Kier molecular flexibility index (Phi) is 3.25. The van der Waals surface area contributed by atoms with E-state index in [9.17, 15) is 8.78 Å². The summed E-state index contributed by atoms with van der Waals surface area (Å²) in [6.07, 6.45) is 1.46. The van der Waals surface area contributed by atoms with Crippen LogP contribution in [0.1, 0.15) is 23.1 Å². The highest BCUT2D eigenvalue weighted by atomic mass is 19.3. The fourth-order valence-corrected chi connectivity index (χ4v) is 3.09. The van der Waals surface area contributed by atoms with Crippen molar-refractivity contribution >= 4 is 0 Å². The van der Waals surface area contributed by atoms with Crippen LogP contribution >= 0.6 is 0 Å². The van der Waals surface area contributed by atoms with Crippen LogP contribution in [0.15, 0.2) is 72.5 Å². The van der Waals surface area contributed by atoms with E-state index in [0.717, 1.165) is 24.0 Å². The molecule has 3 rings (SSSR count). The van der Waals surface area contributed by atoms with Crippen LogP contribution in [0.5, 0.6) is 0 Å². The first kappa shape index (κ1) is 12.8. The summed E-state index contributed by atoms with van der Waals surface area (Å²) >= 11 is 0. The Morgan fingerprint density at radius 2 is 1.70 bits per heavy atom. The molecule has 0 bridgehead atoms. The predicted octanol–water partition coefficient (Wildman–Crippen LogP) is 4.85. The Balaban J connectivity index is 2.24. The van der Waals surface area contributed by atoms with Gasteiger partial charge in [-0.05, 0) is 35.6 Å². The van der Waals surface area contributed by atoms with Crippen molar-refractivity contribution in [2.45, 2.75) is 18.3 Å². The van der Waals surface area contributed by atoms with Gasteiger partial charge in [-0.25, -0.2) is 0 Å². The highest BCUT2D eigenvalue weighted by molar-refractivity contribution is 5.51. The zero-order chi connectivity index (χ0) is 14.0. The van der Waals surface area contributed by atoms with Gasteiger partial charge in [0.2, 0.25) is 0 Å². The van der Waals surface area contributed by atoms with Gasteiger partial charge in [-0.2, -0.15) is 8.78 Å². The minimum atomic E-state index is -1.77. The van der Waals surface area contributed by atoms with Gasteiger partial charge in [-0.3, -0.25) is 0 Å². The summed E-state index contributed by atoms with van der Waals surface area (Å²) in [5.74, 6) is 0. The van der Waals surface area contributed by atoms with E-state index in [1.54, 1.807) is 0 Å². The highest BCUT2D eigenvalue weighted by Gasteiger charge is 2.37. The van der Waals surface area contributed by atoms with E-state index in [0.29, 0.717) is 0 Å². The second kappa shape index (κ2) is 5.07. The Bertz CT molecular complexity index is 678. The maximum atomic E-state index is 12.5. The first-order chi connectivity index (χ1) is 9.72. The average Bonchev–Trinajstić information content (AvgIpc) is 2.86. The molecule has 0 heterocycles. The lowest BCUT2D eigenvalue weighted by molar-refractivity contribution is 0.423. The van der Waals surface area contributed by atoms with Crippen LogP contribution in [-0.4, -0.2) is 0 Å². The summed E-state index contributed by atoms with van der Waals surface area (Å²) in [4.78, 5) is 0. The van der Waals surface area contributed by atoms with Crippen molar-refractivity contribution in [1.29, 1.82) is 0 Å². The number of rotatable bonds is 2. The highest BCUT2D eigenvalue weighted by Crippen LogP contribution is 2.45. The number of halogens is 2. The van der Waals surface area contributed by atoms with Gasteiger partial charge in [-0.15, -0.1) is 0 Å². The Morgan fingerprint density at radius 1 is 1.00 bits per heavy atom. The molecular weight excluding hydrogens is 254 g/mol. The van der Waals surface area contributed by atoms with Gasteiger partial charge >= 0.3 is 6.08 Å². The quantitative estimate of drug-likeness (QED) is 0.683. The fraction of sp³-hybridized carbons (Fsp3) is 0.167. The van der Waals surface area contributed by atoms with Gasteiger partial charge in [-0.1, -0.05) is 60.3 Å². The van der Waals surface area contributed by atoms with E-state index in [1.165, 1.54) is 11.6 Å². The SMILES string of the molecule is FC(F)=C=CC1(c2ccccc2)CCc2ccccc21. The van der Waals surface area contributed by atoms with Crippen LogP contribution in [-0.2, 0) is 11.8 Å². The van der Waals surface area contributed by atoms with Crippen molar-refractivity contribution in [3.8, 4) is 0 Å². The molecule has 0 aliphatic heterocycles. The lowest BCUT2D eigenvalue weighted by Crippen LogP contribution is -2.21. The molecule has 2 heteroatoms. The third-order valence-corrected chi connectivity index (χ3v) is 4.00. The number of allylic oxidation sites excluding steroid dienone is 1. The van der Waals surface area contributed by atoms with Crippen LogP contribution in [0.4, 0.5) is 8.78 Å². The summed E-state index contributed by atoms with van der Waals surface area (Å²) < 4.78 is 25.0. The largest absolute Gasteiger partial charge is 0.312 e. The van der Waals surface area contributed by atoms with Crippen molar-refractivity contribution in [3.63, 3.8) is 0 Å². The van der Waals surface area contributed by atoms with E-state index >= 15 is 0 Å². The van der Waals surface area contributed by atoms with E-state index in [1.807, 2.05) is 48.5 Å². The molecule has 0 spiro atoms. The Hall–Kier alpha value is -2.18. The van der Waals surface area contributed by atoms with Gasteiger partial charge in [0.1, 0.15) is 0 Å². The van der Waals surface area contributed by atoms with Crippen LogP contribution in [0, 0.1) is 0 Å². The molecule has 1 aliphatic rings. The van der Waals surface area contributed by atoms with E-state index < -0.39 is 11.5 Å². The summed E-state index contributed by atoms with van der Waals surface area (Å²) in [6, 6.07) is 17.9. The second-order valence-electron chi connectivity index (χ2n) is 5.04. The summed E-state index contributed by atoms with van der Waals surface area (Å²) in [6.45, 7) is 0. The maximum Gasteiger partial charge on any atom is 0.312 e. The molecule has 0 amide bonds. The summed E-state index contributed by atoms with van der Waals surface area (Å²) in [7, 11) is 0. The third kappa shape index (κ3) is 2.09. The van der Waals surface area contributed by atoms with E-state index in [4.69, 9.17) is 0 Å². The van der Waals surface area contributed by atoms with Gasteiger partial charge < -0.3 is 0 Å². The molecule has 2 aromatic rings. The third-order valence-electron chi connectivity index (χ3n) is 4.00. The van der Waals surface area contributed by atoms with Crippen LogP contribution in [0.2, 0.25) is 0 Å². The normalized spacial score (nSPS) is 20.1. The van der Waals surface area contributed by atoms with E-state index in [2.05, 4.69) is 11.8 Å².